The van der Waals surface area contributed by atoms with Crippen molar-refractivity contribution >= 4 is 11.6 Å². The standard InChI is InChI=1S/C26H28N2O3/c1-27(21-12-8-5-9-13-21)25(29)18-28-15-14-20-16-23(30-2)24(31-3)17-22(20)26(28)19-10-6-4-7-11-19/h4-13,16-17,26H,14-15,18H2,1-3H3/t26-/m0/s1. The van der Waals surface area contributed by atoms with Crippen molar-refractivity contribution in [2.24, 2.45) is 0 Å². The molecule has 1 heterocycles. The maximum Gasteiger partial charge on any atom is 0.240 e. The highest BCUT2D eigenvalue weighted by Gasteiger charge is 2.32. The molecule has 31 heavy (non-hydrogen) atoms. The van der Waals surface area contributed by atoms with Gasteiger partial charge in [-0.2, -0.15) is 0 Å². The number of ether oxygens (including phenoxy) is 2. The van der Waals surface area contributed by atoms with Crippen LogP contribution in [-0.4, -0.2) is 45.2 Å². The minimum atomic E-state index is -0.0297. The predicted molar refractivity (Wildman–Crippen MR) is 123 cm³/mol. The van der Waals surface area contributed by atoms with Gasteiger partial charge in [0.2, 0.25) is 5.91 Å². The molecule has 0 saturated heterocycles. The number of anilines is 1. The van der Waals surface area contributed by atoms with Crippen LogP contribution in [0.15, 0.2) is 72.8 Å². The van der Waals surface area contributed by atoms with Crippen molar-refractivity contribution in [2.75, 3.05) is 39.3 Å². The van der Waals surface area contributed by atoms with Gasteiger partial charge in [-0.05, 0) is 47.4 Å². The Morgan fingerprint density at radius 1 is 0.968 bits per heavy atom. The molecule has 0 fully saturated rings. The fourth-order valence-corrected chi connectivity index (χ4v) is 4.27. The summed E-state index contributed by atoms with van der Waals surface area (Å²) in [6.45, 7) is 1.12. The molecule has 3 aromatic rings. The Labute approximate surface area is 183 Å². The maximum atomic E-state index is 13.2. The summed E-state index contributed by atoms with van der Waals surface area (Å²) in [5, 5.41) is 0. The number of rotatable bonds is 6. The van der Waals surface area contributed by atoms with Crippen molar-refractivity contribution < 1.29 is 14.3 Å². The number of fused-ring (bicyclic) bond motifs is 1. The van der Waals surface area contributed by atoms with Gasteiger partial charge in [0.25, 0.3) is 0 Å². The molecular weight excluding hydrogens is 388 g/mol. The number of carbonyl (C=O) groups excluding carboxylic acids is 1. The van der Waals surface area contributed by atoms with Gasteiger partial charge in [0.05, 0.1) is 26.8 Å². The number of benzene rings is 3. The number of carbonyl (C=O) groups is 1. The quantitative estimate of drug-likeness (QED) is 0.600. The molecule has 1 atom stereocenters. The van der Waals surface area contributed by atoms with E-state index < -0.39 is 0 Å². The maximum absolute atomic E-state index is 13.2. The highest BCUT2D eigenvalue weighted by Crippen LogP contribution is 2.40. The van der Waals surface area contributed by atoms with E-state index in [4.69, 9.17) is 9.47 Å². The van der Waals surface area contributed by atoms with Crippen molar-refractivity contribution in [1.82, 2.24) is 4.90 Å². The Balaban J connectivity index is 1.69. The van der Waals surface area contributed by atoms with E-state index in [-0.39, 0.29) is 11.9 Å². The first-order chi connectivity index (χ1) is 15.1. The van der Waals surface area contributed by atoms with Gasteiger partial charge < -0.3 is 14.4 Å². The van der Waals surface area contributed by atoms with Crippen LogP contribution in [0.2, 0.25) is 0 Å². The van der Waals surface area contributed by atoms with Crippen LogP contribution in [0.3, 0.4) is 0 Å². The van der Waals surface area contributed by atoms with E-state index in [1.165, 1.54) is 5.56 Å². The van der Waals surface area contributed by atoms with Gasteiger partial charge in [0.15, 0.2) is 11.5 Å². The summed E-state index contributed by atoms with van der Waals surface area (Å²) in [5.74, 6) is 1.51. The first-order valence-corrected chi connectivity index (χ1v) is 10.5. The zero-order chi connectivity index (χ0) is 21.8. The zero-order valence-electron chi connectivity index (χ0n) is 18.2. The molecule has 0 N–H and O–H groups in total. The van der Waals surface area contributed by atoms with Crippen molar-refractivity contribution in [3.05, 3.63) is 89.5 Å². The average Bonchev–Trinajstić information content (AvgIpc) is 2.83. The lowest BCUT2D eigenvalue weighted by molar-refractivity contribution is -0.119. The number of hydrogen-bond acceptors (Lipinski definition) is 4. The summed E-state index contributed by atoms with van der Waals surface area (Å²) in [4.78, 5) is 17.1. The molecule has 0 radical (unpaired) electrons. The normalized spacial score (nSPS) is 15.8. The predicted octanol–water partition coefficient (Wildman–Crippen LogP) is 4.31. The number of amides is 1. The third-order valence-corrected chi connectivity index (χ3v) is 5.94. The van der Waals surface area contributed by atoms with Crippen molar-refractivity contribution in [1.29, 1.82) is 0 Å². The third-order valence-electron chi connectivity index (χ3n) is 5.94. The molecule has 4 rings (SSSR count). The SMILES string of the molecule is COc1cc2c(cc1OC)[C@H](c1ccccc1)N(CC(=O)N(C)c1ccccc1)CC2. The highest BCUT2D eigenvalue weighted by molar-refractivity contribution is 5.94. The van der Waals surface area contributed by atoms with Gasteiger partial charge in [-0.3, -0.25) is 9.69 Å². The summed E-state index contributed by atoms with van der Waals surface area (Å²) in [6.07, 6.45) is 0.849. The number of para-hydroxylation sites is 1. The Hall–Kier alpha value is -3.31. The molecule has 160 valence electrons. The Morgan fingerprint density at radius 3 is 2.23 bits per heavy atom. The summed E-state index contributed by atoms with van der Waals surface area (Å²) < 4.78 is 11.1. The second-order valence-electron chi connectivity index (χ2n) is 7.73. The van der Waals surface area contributed by atoms with E-state index in [9.17, 15) is 4.79 Å². The van der Waals surface area contributed by atoms with Crippen LogP contribution in [0.4, 0.5) is 5.69 Å². The Kier molecular flexibility index (Phi) is 6.23. The number of nitrogens with zero attached hydrogens (tertiary/aromatic N) is 2. The van der Waals surface area contributed by atoms with Crippen molar-refractivity contribution in [2.45, 2.75) is 12.5 Å². The minimum absolute atomic E-state index is 0.0297. The fourth-order valence-electron chi connectivity index (χ4n) is 4.27. The molecule has 3 aromatic carbocycles. The van der Waals surface area contributed by atoms with Gasteiger partial charge >= 0.3 is 0 Å². The molecular formula is C26H28N2O3. The molecule has 0 aromatic heterocycles. The molecule has 1 aliphatic rings. The van der Waals surface area contributed by atoms with Gasteiger partial charge in [0, 0.05) is 19.3 Å². The lowest BCUT2D eigenvalue weighted by atomic mass is 9.87. The van der Waals surface area contributed by atoms with Crippen molar-refractivity contribution in [3.63, 3.8) is 0 Å². The Morgan fingerprint density at radius 2 is 1.58 bits per heavy atom. The lowest BCUT2D eigenvalue weighted by Gasteiger charge is -2.38. The monoisotopic (exact) mass is 416 g/mol. The Bertz CT molecular complexity index is 1040. The molecule has 5 nitrogen and oxygen atoms in total. The average molecular weight is 417 g/mol. The minimum Gasteiger partial charge on any atom is -0.493 e. The third kappa shape index (κ3) is 4.28. The molecule has 0 unspecified atom stereocenters. The number of methoxy groups -OCH3 is 2. The fraction of sp³-hybridized carbons (Fsp3) is 0.269. The van der Waals surface area contributed by atoms with Crippen LogP contribution in [0, 0.1) is 0 Å². The molecule has 1 amide bonds. The van der Waals surface area contributed by atoms with Crippen LogP contribution < -0.4 is 14.4 Å². The van der Waals surface area contributed by atoms with Crippen LogP contribution in [0.1, 0.15) is 22.7 Å². The molecule has 0 spiro atoms. The zero-order valence-corrected chi connectivity index (χ0v) is 18.2. The molecule has 0 bridgehead atoms. The smallest absolute Gasteiger partial charge is 0.240 e. The number of hydrogen-bond donors (Lipinski definition) is 0. The second-order valence-corrected chi connectivity index (χ2v) is 7.73. The largest absolute Gasteiger partial charge is 0.493 e. The van der Waals surface area contributed by atoms with Crippen LogP contribution >= 0.6 is 0 Å². The summed E-state index contributed by atoms with van der Waals surface area (Å²) in [7, 11) is 5.15. The molecule has 1 aliphatic heterocycles. The van der Waals surface area contributed by atoms with Gasteiger partial charge in [-0.15, -0.1) is 0 Å². The first kappa shape index (κ1) is 20.9. The highest BCUT2D eigenvalue weighted by atomic mass is 16.5. The van der Waals surface area contributed by atoms with E-state index >= 15 is 0 Å². The molecule has 0 aliphatic carbocycles. The topological polar surface area (TPSA) is 42.0 Å². The van der Waals surface area contributed by atoms with E-state index in [1.807, 2.05) is 55.6 Å². The molecule has 5 heteroatoms. The van der Waals surface area contributed by atoms with Crippen LogP contribution in [0.5, 0.6) is 11.5 Å². The van der Waals surface area contributed by atoms with Crippen LogP contribution in [0.25, 0.3) is 0 Å². The first-order valence-electron chi connectivity index (χ1n) is 10.5. The second kappa shape index (κ2) is 9.23. The molecule has 0 saturated carbocycles. The van der Waals surface area contributed by atoms with E-state index in [0.717, 1.165) is 35.5 Å². The van der Waals surface area contributed by atoms with Gasteiger partial charge in [-0.1, -0.05) is 48.5 Å². The lowest BCUT2D eigenvalue weighted by Crippen LogP contribution is -2.43. The summed E-state index contributed by atoms with van der Waals surface area (Å²) in [6, 6.07) is 24.2. The van der Waals surface area contributed by atoms with Gasteiger partial charge in [-0.25, -0.2) is 0 Å². The van der Waals surface area contributed by atoms with E-state index in [2.05, 4.69) is 29.2 Å². The van der Waals surface area contributed by atoms with Gasteiger partial charge in [0.1, 0.15) is 0 Å². The summed E-state index contributed by atoms with van der Waals surface area (Å²) >= 11 is 0. The van der Waals surface area contributed by atoms with E-state index in [1.54, 1.807) is 19.1 Å². The van der Waals surface area contributed by atoms with E-state index in [0.29, 0.717) is 12.3 Å². The van der Waals surface area contributed by atoms with Crippen molar-refractivity contribution in [3.8, 4) is 11.5 Å². The van der Waals surface area contributed by atoms with Crippen LogP contribution in [-0.2, 0) is 11.2 Å². The summed E-state index contributed by atoms with van der Waals surface area (Å²) in [5.41, 5.74) is 4.44. The number of likely N-dealkylation sites (N-methyl/N-ethyl adjacent to an activating group) is 1.